The van der Waals surface area contributed by atoms with Gasteiger partial charge in [0.25, 0.3) is 8.32 Å². The number of carbonyl (C=O) groups is 1. The summed E-state index contributed by atoms with van der Waals surface area (Å²) in [7, 11) is -1.03. The Balaban J connectivity index is 1.30. The largest absolute Gasteiger partial charge is 0.411 e. The zero-order chi connectivity index (χ0) is 38.5. The van der Waals surface area contributed by atoms with Crippen LogP contribution in [-0.2, 0) is 32.6 Å². The second kappa shape index (κ2) is 20.1. The molecule has 0 aromatic heterocycles. The Morgan fingerprint density at radius 3 is 2.15 bits per heavy atom. The van der Waals surface area contributed by atoms with Crippen LogP contribution in [0.2, 0.25) is 23.2 Å². The molecule has 1 saturated heterocycles. The number of methoxy groups -OCH3 is 2. The summed E-state index contributed by atoms with van der Waals surface area (Å²) in [6.07, 6.45) is 12.5. The number of unbranched alkanes of at least 4 members (excludes halogenated alkanes) is 1. The third kappa shape index (κ3) is 11.0. The molecule has 0 aliphatic carbocycles. The van der Waals surface area contributed by atoms with E-state index in [4.69, 9.17) is 27.8 Å². The first-order chi connectivity index (χ1) is 25.4. The van der Waals surface area contributed by atoms with Gasteiger partial charge in [0.1, 0.15) is 5.78 Å². The molecule has 2 aromatic rings. The van der Waals surface area contributed by atoms with Crippen molar-refractivity contribution in [2.24, 2.45) is 5.92 Å². The molecular formula is C44H68O7Si2. The molecule has 0 spiro atoms. The highest BCUT2D eigenvalue weighted by Gasteiger charge is 2.50. The number of hydrogen-bond acceptors (Lipinski definition) is 7. The molecule has 0 saturated carbocycles. The molecule has 6 atom stereocenters. The molecular weight excluding hydrogens is 697 g/mol. The minimum atomic E-state index is -2.55. The molecule has 2 aromatic carbocycles. The van der Waals surface area contributed by atoms with Gasteiger partial charge in [0.05, 0.1) is 18.3 Å². The molecule has 0 N–H and O–H groups in total. The molecule has 2 heterocycles. The minimum absolute atomic E-state index is 0.0356. The summed E-state index contributed by atoms with van der Waals surface area (Å²) in [5, 5.41) is 2.55. The summed E-state index contributed by atoms with van der Waals surface area (Å²) in [6, 6.07) is 24.8. The highest BCUT2D eigenvalue weighted by Crippen LogP contribution is 2.38. The maximum absolute atomic E-state index is 13.5. The number of allylic oxidation sites excluding steroid dienone is 1. The minimum Gasteiger partial charge on any atom is -0.411 e. The Kier molecular flexibility index (Phi) is 16.5. The molecule has 9 heteroatoms. The molecule has 0 amide bonds. The third-order valence-corrected chi connectivity index (χ3v) is 21.4. The highest BCUT2D eigenvalue weighted by molar-refractivity contribution is 6.99. The Morgan fingerprint density at radius 2 is 1.60 bits per heavy atom. The van der Waals surface area contributed by atoms with Crippen molar-refractivity contribution in [3.05, 3.63) is 85.0 Å². The van der Waals surface area contributed by atoms with Crippen molar-refractivity contribution in [1.29, 1.82) is 0 Å². The fraction of sp³-hybridized carbons (Fsp3) is 0.614. The van der Waals surface area contributed by atoms with Crippen LogP contribution < -0.4 is 10.4 Å². The van der Waals surface area contributed by atoms with E-state index in [1.807, 2.05) is 13.0 Å². The van der Waals surface area contributed by atoms with Gasteiger partial charge >= 0.3 is 0 Å². The first kappa shape index (κ1) is 43.5. The fourth-order valence-electron chi connectivity index (χ4n) is 8.15. The Bertz CT molecular complexity index is 1390. The van der Waals surface area contributed by atoms with Gasteiger partial charge in [-0.2, -0.15) is 0 Å². The van der Waals surface area contributed by atoms with Gasteiger partial charge in [0.2, 0.25) is 0 Å². The van der Waals surface area contributed by atoms with Gasteiger partial charge in [-0.25, -0.2) is 0 Å². The monoisotopic (exact) mass is 764 g/mol. The number of benzene rings is 2. The number of ketones is 1. The average Bonchev–Trinajstić information content (AvgIpc) is 3.56. The third-order valence-electron chi connectivity index (χ3n) is 11.7. The van der Waals surface area contributed by atoms with Gasteiger partial charge in [-0.3, -0.25) is 4.79 Å². The van der Waals surface area contributed by atoms with E-state index in [1.165, 1.54) is 10.4 Å². The van der Waals surface area contributed by atoms with E-state index in [0.29, 0.717) is 32.3 Å². The lowest BCUT2D eigenvalue weighted by atomic mass is 9.92. The quantitative estimate of drug-likeness (QED) is 0.0714. The van der Waals surface area contributed by atoms with Crippen LogP contribution in [0.3, 0.4) is 0 Å². The molecule has 1 fully saturated rings. The predicted octanol–water partition coefficient (Wildman–Crippen LogP) is 9.11. The van der Waals surface area contributed by atoms with E-state index in [1.54, 1.807) is 14.2 Å². The number of hydrogen-bond donors (Lipinski definition) is 0. The summed E-state index contributed by atoms with van der Waals surface area (Å²) in [4.78, 5) is 13.5. The standard InChI is InChI=1S/C44H68O7Si2/c1-10-52(11-2,12-3)51-41-34-42(46-8)49-40(41)33-35(4)39(45)29-31-44(47-9)30-22-24-36(50-44)23-16-15-21-32-48-53(43(5,6)7,37-25-17-13-18-26-37)38-27-19-14-20-28-38/h13-14,16-20,22-23,25-28,30,35-36,40-42H,10-12,15,21,24,29,31-34H2,1-9H3/b23-16+/t35-,36+,40-,41-,42+,44+/m0/s1. The van der Waals surface area contributed by atoms with Crippen LogP contribution >= 0.6 is 0 Å². The SMILES string of the molecule is CC[Si](CC)(CC)O[C@H]1C[C@H](OC)O[C@H]1C[C@H](C)C(=O)CC[C@@]1(OC)C=CC[C@@H](/C=C/CCCO[Si](c2ccccc2)(c2ccccc2)C(C)(C)C)O1. The second-order valence-electron chi connectivity index (χ2n) is 16.0. The molecule has 0 radical (unpaired) electrons. The van der Waals surface area contributed by atoms with Crippen molar-refractivity contribution in [3.8, 4) is 0 Å². The highest BCUT2D eigenvalue weighted by atomic mass is 28.4. The van der Waals surface area contributed by atoms with E-state index < -0.39 is 22.4 Å². The number of rotatable bonds is 21. The molecule has 7 nitrogen and oxygen atoms in total. The first-order valence-corrected chi connectivity index (χ1v) is 24.5. The van der Waals surface area contributed by atoms with Crippen LogP contribution in [0, 0.1) is 5.92 Å². The molecule has 0 bridgehead atoms. The number of carbonyl (C=O) groups excluding carboxylic acids is 1. The topological polar surface area (TPSA) is 72.5 Å². The maximum Gasteiger partial charge on any atom is 0.261 e. The first-order valence-electron chi connectivity index (χ1n) is 20.1. The van der Waals surface area contributed by atoms with Crippen molar-refractivity contribution in [2.45, 2.75) is 147 Å². The van der Waals surface area contributed by atoms with Crippen LogP contribution in [0.4, 0.5) is 0 Å². The van der Waals surface area contributed by atoms with Gasteiger partial charge in [-0.05, 0) is 65.3 Å². The van der Waals surface area contributed by atoms with Gasteiger partial charge in [-0.1, -0.05) is 127 Å². The van der Waals surface area contributed by atoms with Crippen molar-refractivity contribution in [1.82, 2.24) is 0 Å². The Morgan fingerprint density at radius 1 is 0.981 bits per heavy atom. The summed E-state index contributed by atoms with van der Waals surface area (Å²) in [5.74, 6) is -0.920. The van der Waals surface area contributed by atoms with Gasteiger partial charge in [0.15, 0.2) is 20.4 Å². The molecule has 0 unspecified atom stereocenters. The van der Waals surface area contributed by atoms with E-state index in [2.05, 4.69) is 120 Å². The molecule has 2 aliphatic heterocycles. The van der Waals surface area contributed by atoms with E-state index in [0.717, 1.165) is 37.4 Å². The molecule has 294 valence electrons. The lowest BCUT2D eigenvalue weighted by molar-refractivity contribution is -0.214. The lowest BCUT2D eigenvalue weighted by Crippen LogP contribution is -2.66. The number of ether oxygens (including phenoxy) is 4. The van der Waals surface area contributed by atoms with Crippen LogP contribution in [-0.4, -0.2) is 73.6 Å². The summed E-state index contributed by atoms with van der Waals surface area (Å²) < 4.78 is 38.2. The molecule has 2 aliphatic rings. The van der Waals surface area contributed by atoms with Crippen molar-refractivity contribution in [3.63, 3.8) is 0 Å². The zero-order valence-corrected chi connectivity index (χ0v) is 36.1. The van der Waals surface area contributed by atoms with E-state index >= 15 is 0 Å². The summed E-state index contributed by atoms with van der Waals surface area (Å²) in [6.45, 7) is 16.3. The van der Waals surface area contributed by atoms with Gasteiger partial charge in [0, 0.05) is 46.0 Å². The van der Waals surface area contributed by atoms with E-state index in [9.17, 15) is 4.79 Å². The molecule has 4 rings (SSSR count). The van der Waals surface area contributed by atoms with Crippen molar-refractivity contribution < 1.29 is 32.6 Å². The predicted molar refractivity (Wildman–Crippen MR) is 221 cm³/mol. The number of Topliss-reactive ketones (excluding diaryl/α,β-unsaturated/α-hetero) is 1. The van der Waals surface area contributed by atoms with Crippen molar-refractivity contribution >= 4 is 32.8 Å². The van der Waals surface area contributed by atoms with E-state index in [-0.39, 0.29) is 41.3 Å². The maximum atomic E-state index is 13.5. The molecule has 53 heavy (non-hydrogen) atoms. The zero-order valence-electron chi connectivity index (χ0n) is 34.1. The summed E-state index contributed by atoms with van der Waals surface area (Å²) >= 11 is 0. The van der Waals surface area contributed by atoms with Crippen LogP contribution in [0.1, 0.15) is 93.4 Å². The van der Waals surface area contributed by atoms with Crippen molar-refractivity contribution in [2.75, 3.05) is 20.8 Å². The van der Waals surface area contributed by atoms with Crippen LogP contribution in [0.25, 0.3) is 0 Å². The fourth-order valence-corrected chi connectivity index (χ4v) is 15.6. The normalized spacial score (nSPS) is 24.5. The van der Waals surface area contributed by atoms with Crippen LogP contribution in [0.15, 0.2) is 85.0 Å². The van der Waals surface area contributed by atoms with Gasteiger partial charge in [-0.15, -0.1) is 0 Å². The lowest BCUT2D eigenvalue weighted by Gasteiger charge is -2.43. The smallest absolute Gasteiger partial charge is 0.261 e. The van der Waals surface area contributed by atoms with Gasteiger partial charge < -0.3 is 27.8 Å². The Hall–Kier alpha value is -2.22. The van der Waals surface area contributed by atoms with Crippen LogP contribution in [0.5, 0.6) is 0 Å². The Labute approximate surface area is 323 Å². The average molecular weight is 765 g/mol. The second-order valence-corrected chi connectivity index (χ2v) is 25.0. The summed E-state index contributed by atoms with van der Waals surface area (Å²) in [5.41, 5.74) is 0.